The fraction of sp³-hybridized carbons (Fsp3) is 0.462. The third-order valence-corrected chi connectivity index (χ3v) is 3.08. The first-order chi connectivity index (χ1) is 7.59. The SMILES string of the molecule is CC(C)C(Cl)CNC(=O)Cc1ccccc1. The Morgan fingerprint density at radius 1 is 1.31 bits per heavy atom. The second-order valence-corrected chi connectivity index (χ2v) is 4.79. The molecule has 1 aromatic rings. The van der Waals surface area contributed by atoms with Crippen molar-refractivity contribution in [1.82, 2.24) is 5.32 Å². The third-order valence-electron chi connectivity index (χ3n) is 2.43. The molecule has 0 saturated carbocycles. The van der Waals surface area contributed by atoms with Crippen molar-refractivity contribution in [2.45, 2.75) is 25.6 Å². The molecule has 1 aromatic carbocycles. The standard InChI is InChI=1S/C13H18ClNO/c1-10(2)12(14)9-15-13(16)8-11-6-4-3-5-7-11/h3-7,10,12H,8-9H2,1-2H3,(H,15,16). The van der Waals surface area contributed by atoms with E-state index in [1.807, 2.05) is 44.2 Å². The van der Waals surface area contributed by atoms with E-state index in [9.17, 15) is 4.79 Å². The van der Waals surface area contributed by atoms with Crippen LogP contribution in [0.5, 0.6) is 0 Å². The Balaban J connectivity index is 2.32. The molecule has 0 spiro atoms. The molecule has 1 rings (SSSR count). The van der Waals surface area contributed by atoms with Gasteiger partial charge in [0.25, 0.3) is 0 Å². The number of halogens is 1. The smallest absolute Gasteiger partial charge is 0.224 e. The Hall–Kier alpha value is -1.02. The van der Waals surface area contributed by atoms with E-state index in [0.717, 1.165) is 5.56 Å². The molecule has 88 valence electrons. The molecule has 0 aromatic heterocycles. The van der Waals surface area contributed by atoms with Gasteiger partial charge >= 0.3 is 0 Å². The van der Waals surface area contributed by atoms with Crippen LogP contribution in [0.1, 0.15) is 19.4 Å². The fourth-order valence-electron chi connectivity index (χ4n) is 1.29. The molecule has 0 aliphatic heterocycles. The molecule has 0 aliphatic rings. The van der Waals surface area contributed by atoms with Gasteiger partial charge in [0.1, 0.15) is 0 Å². The van der Waals surface area contributed by atoms with E-state index < -0.39 is 0 Å². The molecule has 3 heteroatoms. The van der Waals surface area contributed by atoms with Crippen molar-refractivity contribution < 1.29 is 4.79 Å². The predicted molar refractivity (Wildman–Crippen MR) is 67.6 cm³/mol. The zero-order valence-electron chi connectivity index (χ0n) is 9.74. The zero-order valence-corrected chi connectivity index (χ0v) is 10.5. The maximum Gasteiger partial charge on any atom is 0.224 e. The highest BCUT2D eigenvalue weighted by Gasteiger charge is 2.11. The molecule has 0 bridgehead atoms. The molecule has 0 aliphatic carbocycles. The lowest BCUT2D eigenvalue weighted by Gasteiger charge is -2.13. The van der Waals surface area contributed by atoms with Crippen molar-refractivity contribution in [3.05, 3.63) is 35.9 Å². The molecule has 0 saturated heterocycles. The van der Waals surface area contributed by atoms with Gasteiger partial charge in [-0.3, -0.25) is 4.79 Å². The summed E-state index contributed by atoms with van der Waals surface area (Å²) in [5, 5.41) is 2.84. The van der Waals surface area contributed by atoms with Gasteiger partial charge in [0, 0.05) is 6.54 Å². The molecule has 0 fully saturated rings. The van der Waals surface area contributed by atoms with Crippen molar-refractivity contribution in [3.8, 4) is 0 Å². The number of hydrogen-bond acceptors (Lipinski definition) is 1. The van der Waals surface area contributed by atoms with Gasteiger partial charge in [-0.2, -0.15) is 0 Å². The van der Waals surface area contributed by atoms with Crippen LogP contribution in [0.2, 0.25) is 0 Å². The number of carbonyl (C=O) groups is 1. The first-order valence-corrected chi connectivity index (χ1v) is 5.98. The van der Waals surface area contributed by atoms with Gasteiger partial charge in [-0.1, -0.05) is 44.2 Å². The van der Waals surface area contributed by atoms with E-state index >= 15 is 0 Å². The molecular weight excluding hydrogens is 222 g/mol. The maximum absolute atomic E-state index is 11.6. The number of hydrogen-bond donors (Lipinski definition) is 1. The van der Waals surface area contributed by atoms with Gasteiger partial charge in [-0.05, 0) is 11.5 Å². The van der Waals surface area contributed by atoms with Gasteiger partial charge in [0.05, 0.1) is 11.8 Å². The van der Waals surface area contributed by atoms with Crippen LogP contribution in [-0.2, 0) is 11.2 Å². The first-order valence-electron chi connectivity index (χ1n) is 5.54. The van der Waals surface area contributed by atoms with E-state index in [1.165, 1.54) is 0 Å². The second-order valence-electron chi connectivity index (χ2n) is 4.23. The van der Waals surface area contributed by atoms with E-state index in [2.05, 4.69) is 5.32 Å². The summed E-state index contributed by atoms with van der Waals surface area (Å²) in [5.74, 6) is 0.399. The lowest BCUT2D eigenvalue weighted by atomic mass is 10.1. The summed E-state index contributed by atoms with van der Waals surface area (Å²) in [6.45, 7) is 4.62. The minimum atomic E-state index is -0.000256. The number of alkyl halides is 1. The van der Waals surface area contributed by atoms with Crippen molar-refractivity contribution in [2.75, 3.05) is 6.54 Å². The van der Waals surface area contributed by atoms with Gasteiger partial charge < -0.3 is 5.32 Å². The van der Waals surface area contributed by atoms with Crippen LogP contribution in [0, 0.1) is 5.92 Å². The van der Waals surface area contributed by atoms with Crippen LogP contribution in [0.4, 0.5) is 0 Å². The van der Waals surface area contributed by atoms with Crippen molar-refractivity contribution in [1.29, 1.82) is 0 Å². The highest BCUT2D eigenvalue weighted by Crippen LogP contribution is 2.07. The minimum absolute atomic E-state index is 0.000256. The highest BCUT2D eigenvalue weighted by molar-refractivity contribution is 6.21. The molecule has 1 unspecified atom stereocenters. The second kappa shape index (κ2) is 6.54. The molecular formula is C13H18ClNO. The summed E-state index contributed by atoms with van der Waals surface area (Å²) in [4.78, 5) is 11.6. The Bertz CT molecular complexity index is 324. The van der Waals surface area contributed by atoms with Crippen molar-refractivity contribution in [3.63, 3.8) is 0 Å². The Labute approximate surface area is 102 Å². The fourth-order valence-corrected chi connectivity index (χ4v) is 1.37. The van der Waals surface area contributed by atoms with Crippen LogP contribution in [0.15, 0.2) is 30.3 Å². The van der Waals surface area contributed by atoms with Crippen LogP contribution in [0.25, 0.3) is 0 Å². The summed E-state index contributed by atoms with van der Waals surface area (Å²) < 4.78 is 0. The molecule has 0 heterocycles. The lowest BCUT2D eigenvalue weighted by molar-refractivity contribution is -0.120. The summed E-state index contributed by atoms with van der Waals surface area (Å²) in [6, 6.07) is 9.69. The number of amides is 1. The summed E-state index contributed by atoms with van der Waals surface area (Å²) in [6.07, 6.45) is 0.419. The predicted octanol–water partition coefficient (Wildman–Crippen LogP) is 2.61. The molecule has 2 nitrogen and oxygen atoms in total. The quantitative estimate of drug-likeness (QED) is 0.787. The van der Waals surface area contributed by atoms with E-state index in [-0.39, 0.29) is 11.3 Å². The largest absolute Gasteiger partial charge is 0.354 e. The minimum Gasteiger partial charge on any atom is -0.354 e. The maximum atomic E-state index is 11.6. The summed E-state index contributed by atoms with van der Waals surface area (Å²) in [5.41, 5.74) is 1.02. The van der Waals surface area contributed by atoms with Crippen LogP contribution < -0.4 is 5.32 Å². The van der Waals surface area contributed by atoms with Gasteiger partial charge in [-0.15, -0.1) is 11.6 Å². The van der Waals surface area contributed by atoms with Gasteiger partial charge in [-0.25, -0.2) is 0 Å². The van der Waals surface area contributed by atoms with E-state index in [1.54, 1.807) is 0 Å². The average molecular weight is 240 g/mol. The number of carbonyl (C=O) groups excluding carboxylic acids is 1. The molecule has 1 atom stereocenters. The van der Waals surface area contributed by atoms with Crippen molar-refractivity contribution in [2.24, 2.45) is 5.92 Å². The Kier molecular flexibility index (Phi) is 5.33. The highest BCUT2D eigenvalue weighted by atomic mass is 35.5. The number of nitrogens with one attached hydrogen (secondary N) is 1. The van der Waals surface area contributed by atoms with Crippen molar-refractivity contribution >= 4 is 17.5 Å². The molecule has 0 radical (unpaired) electrons. The lowest BCUT2D eigenvalue weighted by Crippen LogP contribution is -2.32. The number of rotatable bonds is 5. The summed E-state index contributed by atoms with van der Waals surface area (Å²) >= 11 is 6.05. The summed E-state index contributed by atoms with van der Waals surface area (Å²) in [7, 11) is 0. The van der Waals surface area contributed by atoms with Crippen LogP contribution in [-0.4, -0.2) is 17.8 Å². The zero-order chi connectivity index (χ0) is 12.0. The van der Waals surface area contributed by atoms with E-state index in [0.29, 0.717) is 18.9 Å². The van der Waals surface area contributed by atoms with Gasteiger partial charge in [0.15, 0.2) is 0 Å². The topological polar surface area (TPSA) is 29.1 Å². The third kappa shape index (κ3) is 4.67. The van der Waals surface area contributed by atoms with Gasteiger partial charge in [0.2, 0.25) is 5.91 Å². The van der Waals surface area contributed by atoms with E-state index in [4.69, 9.17) is 11.6 Å². The molecule has 16 heavy (non-hydrogen) atoms. The number of benzene rings is 1. The Morgan fingerprint density at radius 2 is 1.94 bits per heavy atom. The van der Waals surface area contributed by atoms with Crippen LogP contribution in [0.3, 0.4) is 0 Å². The monoisotopic (exact) mass is 239 g/mol. The normalized spacial score (nSPS) is 12.5. The molecule has 1 N–H and O–H groups in total. The van der Waals surface area contributed by atoms with Crippen LogP contribution >= 0.6 is 11.6 Å². The first kappa shape index (κ1) is 13.0. The average Bonchev–Trinajstić information content (AvgIpc) is 2.27. The molecule has 1 amide bonds. The Morgan fingerprint density at radius 3 is 2.50 bits per heavy atom.